The maximum atomic E-state index is 13.4. The Labute approximate surface area is 163 Å². The third kappa shape index (κ3) is 3.96. The van der Waals surface area contributed by atoms with E-state index in [2.05, 4.69) is 10.4 Å². The van der Waals surface area contributed by atoms with E-state index in [0.717, 1.165) is 11.3 Å². The Morgan fingerprint density at radius 2 is 2.04 bits per heavy atom. The Hall–Kier alpha value is -2.45. The predicted molar refractivity (Wildman–Crippen MR) is 103 cm³/mol. The number of nitrogens with zero attached hydrogens (tertiary/aromatic N) is 2. The predicted octanol–water partition coefficient (Wildman–Crippen LogP) is 4.66. The first-order valence-corrected chi connectivity index (χ1v) is 9.40. The van der Waals surface area contributed by atoms with Crippen molar-refractivity contribution in [2.75, 3.05) is 5.32 Å². The third-order valence-corrected chi connectivity index (χ3v) is 5.48. The van der Waals surface area contributed by atoms with Crippen molar-refractivity contribution in [1.29, 1.82) is 0 Å². The van der Waals surface area contributed by atoms with Gasteiger partial charge in [-0.05, 0) is 39.0 Å². The topological polar surface area (TPSA) is 73.2 Å². The Kier molecular flexibility index (Phi) is 5.48. The summed E-state index contributed by atoms with van der Waals surface area (Å²) in [7, 11) is 0. The molecule has 1 N–H and O–H groups in total. The number of hydrogen-bond acceptors (Lipinski definition) is 5. The zero-order chi connectivity index (χ0) is 19.7. The third-order valence-electron chi connectivity index (χ3n) is 3.84. The van der Waals surface area contributed by atoms with Crippen molar-refractivity contribution in [2.24, 2.45) is 0 Å². The smallest absolute Gasteiger partial charge is 0.350 e. The molecule has 0 aliphatic heterocycles. The van der Waals surface area contributed by atoms with Crippen LogP contribution in [0.5, 0.6) is 0 Å². The summed E-state index contributed by atoms with van der Waals surface area (Å²) < 4.78 is 20.8. The van der Waals surface area contributed by atoms with Crippen molar-refractivity contribution in [1.82, 2.24) is 9.78 Å². The molecule has 1 atom stereocenters. The summed E-state index contributed by atoms with van der Waals surface area (Å²) in [6.45, 7) is 5.32. The summed E-state index contributed by atoms with van der Waals surface area (Å²) in [5, 5.41) is 7.56. The summed E-state index contributed by atoms with van der Waals surface area (Å²) in [6, 6.07) is 5.79. The standard InChI is InChI=1S/C18H17ClFN3O3S/c1-9(2)23-14(6-7-21-23)22-17(24)10(3)26-18(25)16-15(19)12-5-4-11(20)8-13(12)27-16/h4-10H,1-3H3,(H,22,24)/t10-/m1/s1. The van der Waals surface area contributed by atoms with E-state index in [-0.39, 0.29) is 15.9 Å². The first kappa shape index (κ1) is 19.3. The lowest BCUT2D eigenvalue weighted by molar-refractivity contribution is -0.123. The van der Waals surface area contributed by atoms with Crippen LogP contribution in [0.3, 0.4) is 0 Å². The van der Waals surface area contributed by atoms with Crippen LogP contribution < -0.4 is 5.32 Å². The Morgan fingerprint density at radius 3 is 2.74 bits per heavy atom. The molecule has 0 aliphatic rings. The van der Waals surface area contributed by atoms with E-state index in [1.807, 2.05) is 13.8 Å². The average Bonchev–Trinajstić information content (AvgIpc) is 3.19. The zero-order valence-corrected chi connectivity index (χ0v) is 16.4. The molecule has 2 aromatic heterocycles. The van der Waals surface area contributed by atoms with Gasteiger partial charge in [-0.1, -0.05) is 11.6 Å². The molecule has 0 spiro atoms. The second-order valence-electron chi connectivity index (χ2n) is 6.18. The van der Waals surface area contributed by atoms with Crippen molar-refractivity contribution < 1.29 is 18.7 Å². The van der Waals surface area contributed by atoms with Crippen molar-refractivity contribution in [3.63, 3.8) is 0 Å². The first-order valence-electron chi connectivity index (χ1n) is 8.21. The second kappa shape index (κ2) is 7.66. The molecular weight excluding hydrogens is 393 g/mol. The minimum atomic E-state index is -1.05. The van der Waals surface area contributed by atoms with Crippen LogP contribution in [0.15, 0.2) is 30.5 Å². The molecule has 3 aromatic rings. The molecule has 0 saturated heterocycles. The molecule has 9 heteroatoms. The highest BCUT2D eigenvalue weighted by atomic mass is 35.5. The lowest BCUT2D eigenvalue weighted by Gasteiger charge is -2.15. The molecule has 0 saturated carbocycles. The van der Waals surface area contributed by atoms with E-state index < -0.39 is 23.8 Å². The average molecular weight is 410 g/mol. The number of carbonyl (C=O) groups excluding carboxylic acids is 2. The largest absolute Gasteiger partial charge is 0.448 e. The number of esters is 1. The number of thiophene rings is 1. The molecule has 142 valence electrons. The van der Waals surface area contributed by atoms with Gasteiger partial charge in [0.15, 0.2) is 6.10 Å². The lowest BCUT2D eigenvalue weighted by atomic mass is 10.2. The van der Waals surface area contributed by atoms with Gasteiger partial charge >= 0.3 is 5.97 Å². The van der Waals surface area contributed by atoms with E-state index in [0.29, 0.717) is 15.9 Å². The lowest BCUT2D eigenvalue weighted by Crippen LogP contribution is -2.30. The van der Waals surface area contributed by atoms with Gasteiger partial charge in [-0.2, -0.15) is 5.10 Å². The molecule has 0 unspecified atom stereocenters. The fourth-order valence-corrected chi connectivity index (χ4v) is 3.91. The van der Waals surface area contributed by atoms with Gasteiger partial charge in [0.05, 0.1) is 11.2 Å². The van der Waals surface area contributed by atoms with Gasteiger partial charge in [-0.25, -0.2) is 13.9 Å². The van der Waals surface area contributed by atoms with Crippen LogP contribution in [0.1, 0.15) is 36.5 Å². The minimum absolute atomic E-state index is 0.0610. The number of amides is 1. The molecule has 0 aliphatic carbocycles. The number of anilines is 1. The molecule has 2 heterocycles. The van der Waals surface area contributed by atoms with E-state index in [1.54, 1.807) is 16.9 Å². The van der Waals surface area contributed by atoms with E-state index >= 15 is 0 Å². The molecule has 0 bridgehead atoms. The number of hydrogen-bond donors (Lipinski definition) is 1. The number of rotatable bonds is 5. The van der Waals surface area contributed by atoms with E-state index in [4.69, 9.17) is 16.3 Å². The molecule has 0 fully saturated rings. The molecule has 27 heavy (non-hydrogen) atoms. The van der Waals surface area contributed by atoms with Crippen molar-refractivity contribution >= 4 is 50.7 Å². The van der Waals surface area contributed by atoms with Crippen molar-refractivity contribution in [2.45, 2.75) is 32.9 Å². The molecule has 0 radical (unpaired) electrons. The quantitative estimate of drug-likeness (QED) is 0.622. The van der Waals surface area contributed by atoms with E-state index in [9.17, 15) is 14.0 Å². The number of ether oxygens (including phenoxy) is 1. The highest BCUT2D eigenvalue weighted by molar-refractivity contribution is 7.21. The monoisotopic (exact) mass is 409 g/mol. The SMILES string of the molecule is CC(C)n1nccc1NC(=O)[C@@H](C)OC(=O)c1sc2cc(F)ccc2c1Cl. The van der Waals surface area contributed by atoms with Crippen LogP contribution in [-0.2, 0) is 9.53 Å². The number of nitrogens with one attached hydrogen (secondary N) is 1. The van der Waals surface area contributed by atoms with Gasteiger partial charge in [0.2, 0.25) is 0 Å². The Morgan fingerprint density at radius 1 is 1.30 bits per heavy atom. The summed E-state index contributed by atoms with van der Waals surface area (Å²) in [5.74, 6) is -1.14. The van der Waals surface area contributed by atoms with Gasteiger partial charge in [0, 0.05) is 22.2 Å². The van der Waals surface area contributed by atoms with Crippen LogP contribution in [0, 0.1) is 5.82 Å². The zero-order valence-electron chi connectivity index (χ0n) is 14.8. The van der Waals surface area contributed by atoms with Crippen LogP contribution in [0.25, 0.3) is 10.1 Å². The number of benzene rings is 1. The van der Waals surface area contributed by atoms with Crippen LogP contribution in [0.4, 0.5) is 10.2 Å². The first-order chi connectivity index (χ1) is 12.8. The Balaban J connectivity index is 1.73. The molecular formula is C18H17ClFN3O3S. The number of aromatic nitrogens is 2. The second-order valence-corrected chi connectivity index (χ2v) is 7.61. The molecule has 6 nitrogen and oxygen atoms in total. The minimum Gasteiger partial charge on any atom is -0.448 e. The summed E-state index contributed by atoms with van der Waals surface area (Å²) in [4.78, 5) is 24.9. The van der Waals surface area contributed by atoms with Gasteiger partial charge in [0.25, 0.3) is 5.91 Å². The highest BCUT2D eigenvalue weighted by Gasteiger charge is 2.24. The Bertz CT molecular complexity index is 1010. The molecule has 3 rings (SSSR count). The van der Waals surface area contributed by atoms with Crippen molar-refractivity contribution in [3.05, 3.63) is 46.2 Å². The van der Waals surface area contributed by atoms with E-state index in [1.165, 1.54) is 25.1 Å². The fourth-order valence-electron chi connectivity index (χ4n) is 2.49. The van der Waals surface area contributed by atoms with Crippen LogP contribution in [0.2, 0.25) is 5.02 Å². The maximum Gasteiger partial charge on any atom is 0.350 e. The summed E-state index contributed by atoms with van der Waals surface area (Å²) >= 11 is 7.23. The van der Waals surface area contributed by atoms with Gasteiger partial charge in [0.1, 0.15) is 16.5 Å². The normalized spacial score (nSPS) is 12.4. The molecule has 1 aromatic carbocycles. The van der Waals surface area contributed by atoms with Gasteiger partial charge < -0.3 is 10.1 Å². The van der Waals surface area contributed by atoms with Gasteiger partial charge in [-0.15, -0.1) is 11.3 Å². The van der Waals surface area contributed by atoms with Crippen LogP contribution in [-0.4, -0.2) is 27.8 Å². The van der Waals surface area contributed by atoms with Gasteiger partial charge in [-0.3, -0.25) is 4.79 Å². The fraction of sp³-hybridized carbons (Fsp3) is 0.278. The number of fused-ring (bicyclic) bond motifs is 1. The highest BCUT2D eigenvalue weighted by Crippen LogP contribution is 2.36. The summed E-state index contributed by atoms with van der Waals surface area (Å²) in [6.07, 6.45) is 0.522. The van der Waals surface area contributed by atoms with Crippen molar-refractivity contribution in [3.8, 4) is 0 Å². The maximum absolute atomic E-state index is 13.4. The number of halogens is 2. The van der Waals surface area contributed by atoms with Crippen LogP contribution >= 0.6 is 22.9 Å². The molecule has 1 amide bonds. The number of carbonyl (C=O) groups is 2. The summed E-state index contributed by atoms with van der Waals surface area (Å²) in [5.41, 5.74) is 0.